The maximum atomic E-state index is 10.9. The highest BCUT2D eigenvalue weighted by Gasteiger charge is 1.90. The van der Waals surface area contributed by atoms with Crippen LogP contribution in [0.2, 0.25) is 0 Å². The average molecular weight is 154 g/mol. The molecule has 2 nitrogen and oxygen atoms in total. The third-order valence-corrected chi connectivity index (χ3v) is 1.27. The van der Waals surface area contributed by atoms with E-state index in [9.17, 15) is 4.79 Å². The molecule has 0 atom stereocenters. The van der Waals surface area contributed by atoms with Crippen LogP contribution in [-0.2, 0) is 4.79 Å². The SMILES string of the molecule is C[CH]C=CC(=O)NCCCC. The Balaban J connectivity index is 3.30. The Morgan fingerprint density at radius 2 is 2.27 bits per heavy atom. The average Bonchev–Trinajstić information content (AvgIpc) is 2.01. The first kappa shape index (κ1) is 10.2. The van der Waals surface area contributed by atoms with Gasteiger partial charge in [0.25, 0.3) is 0 Å². The van der Waals surface area contributed by atoms with Gasteiger partial charge in [0.2, 0.25) is 5.91 Å². The third-order valence-electron chi connectivity index (χ3n) is 1.27. The normalized spacial score (nSPS) is 10.4. The number of carbonyl (C=O) groups is 1. The zero-order valence-corrected chi connectivity index (χ0v) is 7.26. The van der Waals surface area contributed by atoms with Gasteiger partial charge in [-0.1, -0.05) is 26.3 Å². The lowest BCUT2D eigenvalue weighted by Gasteiger charge is -1.98. The van der Waals surface area contributed by atoms with Crippen LogP contribution in [0.25, 0.3) is 0 Å². The maximum absolute atomic E-state index is 10.9. The summed E-state index contributed by atoms with van der Waals surface area (Å²) in [6, 6.07) is 0. The molecule has 0 heterocycles. The van der Waals surface area contributed by atoms with Crippen LogP contribution in [0.4, 0.5) is 0 Å². The predicted molar refractivity (Wildman–Crippen MR) is 47.0 cm³/mol. The maximum Gasteiger partial charge on any atom is 0.243 e. The first-order valence-electron chi connectivity index (χ1n) is 4.05. The van der Waals surface area contributed by atoms with Gasteiger partial charge in [-0.3, -0.25) is 4.79 Å². The van der Waals surface area contributed by atoms with Crippen LogP contribution in [0.3, 0.4) is 0 Å². The molecule has 0 aliphatic carbocycles. The topological polar surface area (TPSA) is 29.1 Å². The van der Waals surface area contributed by atoms with Gasteiger partial charge in [0.05, 0.1) is 0 Å². The molecule has 0 unspecified atom stereocenters. The van der Waals surface area contributed by atoms with Crippen molar-refractivity contribution in [1.82, 2.24) is 5.32 Å². The van der Waals surface area contributed by atoms with Crippen LogP contribution >= 0.6 is 0 Å². The van der Waals surface area contributed by atoms with Crippen molar-refractivity contribution in [2.45, 2.75) is 26.7 Å². The zero-order valence-electron chi connectivity index (χ0n) is 7.26. The summed E-state index contributed by atoms with van der Waals surface area (Å²) in [5.41, 5.74) is 0. The van der Waals surface area contributed by atoms with Crippen LogP contribution in [0.1, 0.15) is 26.7 Å². The number of carbonyl (C=O) groups excluding carboxylic acids is 1. The highest BCUT2D eigenvalue weighted by atomic mass is 16.1. The zero-order chi connectivity index (χ0) is 8.53. The molecule has 63 valence electrons. The van der Waals surface area contributed by atoms with Gasteiger partial charge in [-0.15, -0.1) is 0 Å². The summed E-state index contributed by atoms with van der Waals surface area (Å²) in [7, 11) is 0. The molecule has 0 aliphatic heterocycles. The molecule has 0 rings (SSSR count). The van der Waals surface area contributed by atoms with E-state index in [1.54, 1.807) is 6.08 Å². The molecule has 0 aromatic carbocycles. The van der Waals surface area contributed by atoms with Gasteiger partial charge in [-0.2, -0.15) is 0 Å². The first-order valence-corrected chi connectivity index (χ1v) is 4.05. The Hall–Kier alpha value is -0.790. The minimum absolute atomic E-state index is 0.00319. The summed E-state index contributed by atoms with van der Waals surface area (Å²) in [6.45, 7) is 4.76. The van der Waals surface area contributed by atoms with Gasteiger partial charge in [-0.05, 0) is 18.9 Å². The van der Waals surface area contributed by atoms with E-state index in [1.807, 2.05) is 13.3 Å². The fraction of sp³-hybridized carbons (Fsp3) is 0.556. The highest BCUT2D eigenvalue weighted by Crippen LogP contribution is 1.83. The third kappa shape index (κ3) is 7.10. The van der Waals surface area contributed by atoms with Crippen LogP contribution in [0.15, 0.2) is 12.2 Å². The van der Waals surface area contributed by atoms with Crippen LogP contribution in [0.5, 0.6) is 0 Å². The van der Waals surface area contributed by atoms with E-state index in [1.165, 1.54) is 6.08 Å². The van der Waals surface area contributed by atoms with E-state index in [-0.39, 0.29) is 5.91 Å². The quantitative estimate of drug-likeness (QED) is 0.474. The molecule has 0 aliphatic rings. The summed E-state index contributed by atoms with van der Waals surface area (Å²) in [6.07, 6.45) is 7.27. The Labute approximate surface area is 68.7 Å². The van der Waals surface area contributed by atoms with E-state index in [2.05, 4.69) is 12.2 Å². The minimum atomic E-state index is -0.00319. The van der Waals surface area contributed by atoms with Crippen LogP contribution in [0, 0.1) is 6.42 Å². The Morgan fingerprint density at radius 3 is 2.82 bits per heavy atom. The van der Waals surface area contributed by atoms with E-state index in [0.717, 1.165) is 19.4 Å². The van der Waals surface area contributed by atoms with Crippen molar-refractivity contribution in [1.29, 1.82) is 0 Å². The number of nitrogens with one attached hydrogen (secondary N) is 1. The second-order valence-electron chi connectivity index (χ2n) is 2.34. The summed E-state index contributed by atoms with van der Waals surface area (Å²) in [5.74, 6) is -0.00319. The van der Waals surface area contributed by atoms with Crippen molar-refractivity contribution in [3.8, 4) is 0 Å². The van der Waals surface area contributed by atoms with Crippen molar-refractivity contribution in [3.63, 3.8) is 0 Å². The van der Waals surface area contributed by atoms with Crippen molar-refractivity contribution in [2.75, 3.05) is 6.54 Å². The fourth-order valence-corrected chi connectivity index (χ4v) is 0.631. The predicted octanol–water partition coefficient (Wildman–Crippen LogP) is 1.68. The van der Waals surface area contributed by atoms with E-state index < -0.39 is 0 Å². The summed E-state index contributed by atoms with van der Waals surface area (Å²) < 4.78 is 0. The molecule has 1 radical (unpaired) electrons. The lowest BCUT2D eigenvalue weighted by molar-refractivity contribution is -0.116. The molecule has 0 bridgehead atoms. The number of hydrogen-bond acceptors (Lipinski definition) is 1. The lowest BCUT2D eigenvalue weighted by atomic mass is 10.3. The number of allylic oxidation sites excluding steroid dienone is 1. The Morgan fingerprint density at radius 1 is 1.55 bits per heavy atom. The molecule has 1 amide bonds. The summed E-state index contributed by atoms with van der Waals surface area (Å²) in [5, 5.41) is 2.77. The van der Waals surface area contributed by atoms with E-state index >= 15 is 0 Å². The fourth-order valence-electron chi connectivity index (χ4n) is 0.631. The van der Waals surface area contributed by atoms with Gasteiger partial charge >= 0.3 is 0 Å². The molecule has 0 saturated carbocycles. The summed E-state index contributed by atoms with van der Waals surface area (Å²) in [4.78, 5) is 10.9. The molecule has 0 spiro atoms. The molecule has 0 saturated heterocycles. The number of unbranched alkanes of at least 4 members (excludes halogenated alkanes) is 1. The molecule has 2 heteroatoms. The standard InChI is InChI=1S/C9H16NO/c1-3-5-7-9(11)10-8-6-4-2/h3,5,7H,4,6,8H2,1-2H3,(H,10,11). The molecule has 0 aromatic rings. The monoisotopic (exact) mass is 154 g/mol. The van der Waals surface area contributed by atoms with Gasteiger partial charge < -0.3 is 5.32 Å². The van der Waals surface area contributed by atoms with Crippen LogP contribution < -0.4 is 5.32 Å². The van der Waals surface area contributed by atoms with E-state index in [4.69, 9.17) is 0 Å². The number of hydrogen-bond donors (Lipinski definition) is 1. The smallest absolute Gasteiger partial charge is 0.243 e. The molecular formula is C9H16NO. The van der Waals surface area contributed by atoms with Gasteiger partial charge in [0, 0.05) is 6.54 Å². The molecular weight excluding hydrogens is 138 g/mol. The number of amides is 1. The van der Waals surface area contributed by atoms with Crippen molar-refractivity contribution in [2.24, 2.45) is 0 Å². The van der Waals surface area contributed by atoms with Gasteiger partial charge in [-0.25, -0.2) is 0 Å². The Kier molecular flexibility index (Phi) is 6.79. The number of rotatable bonds is 5. The van der Waals surface area contributed by atoms with Crippen molar-refractivity contribution < 1.29 is 4.79 Å². The summed E-state index contributed by atoms with van der Waals surface area (Å²) >= 11 is 0. The highest BCUT2D eigenvalue weighted by molar-refractivity contribution is 5.87. The van der Waals surface area contributed by atoms with E-state index in [0.29, 0.717) is 0 Å². The van der Waals surface area contributed by atoms with Gasteiger partial charge in [0.1, 0.15) is 0 Å². The molecule has 0 aromatic heterocycles. The molecule has 11 heavy (non-hydrogen) atoms. The lowest BCUT2D eigenvalue weighted by Crippen LogP contribution is -2.21. The largest absolute Gasteiger partial charge is 0.353 e. The van der Waals surface area contributed by atoms with Gasteiger partial charge in [0.15, 0.2) is 0 Å². The minimum Gasteiger partial charge on any atom is -0.353 e. The molecule has 0 fully saturated rings. The Bertz CT molecular complexity index is 130. The second kappa shape index (κ2) is 7.32. The van der Waals surface area contributed by atoms with Crippen molar-refractivity contribution in [3.05, 3.63) is 18.6 Å². The van der Waals surface area contributed by atoms with Crippen molar-refractivity contribution >= 4 is 5.91 Å². The van der Waals surface area contributed by atoms with Crippen LogP contribution in [-0.4, -0.2) is 12.5 Å². The molecule has 1 N–H and O–H groups in total. The first-order chi connectivity index (χ1) is 5.31. The second-order valence-corrected chi connectivity index (χ2v) is 2.34.